The summed E-state index contributed by atoms with van der Waals surface area (Å²) in [6.45, 7) is 6.27. The molecule has 1 aromatic heterocycles. The lowest BCUT2D eigenvalue weighted by Gasteiger charge is -2.09. The van der Waals surface area contributed by atoms with Crippen molar-refractivity contribution >= 4 is 10.0 Å². The molecule has 5 heteroatoms. The molecule has 114 valence electrons. The highest BCUT2D eigenvalue weighted by Crippen LogP contribution is 2.14. The lowest BCUT2D eigenvalue weighted by Crippen LogP contribution is -2.25. The molecule has 0 bridgehead atoms. The summed E-state index contributed by atoms with van der Waals surface area (Å²) in [4.78, 5) is 0. The van der Waals surface area contributed by atoms with Crippen LogP contribution in [-0.2, 0) is 29.4 Å². The molecular formula is C16H22N2O2S. The number of hydrogen-bond donors (Lipinski definition) is 1. The van der Waals surface area contributed by atoms with Gasteiger partial charge in [0.1, 0.15) is 0 Å². The van der Waals surface area contributed by atoms with E-state index < -0.39 is 10.0 Å². The van der Waals surface area contributed by atoms with E-state index in [0.29, 0.717) is 6.54 Å². The van der Waals surface area contributed by atoms with Gasteiger partial charge in [-0.3, -0.25) is 0 Å². The maximum absolute atomic E-state index is 12.2. The van der Waals surface area contributed by atoms with Gasteiger partial charge < -0.3 is 4.57 Å². The number of hydrogen-bond acceptors (Lipinski definition) is 2. The fraction of sp³-hybridized carbons (Fsp3) is 0.375. The second kappa shape index (κ2) is 6.03. The number of nitrogens with one attached hydrogen (secondary N) is 1. The van der Waals surface area contributed by atoms with Gasteiger partial charge in [-0.05, 0) is 43.5 Å². The molecule has 2 rings (SSSR count). The summed E-state index contributed by atoms with van der Waals surface area (Å²) in [6, 6.07) is 9.57. The zero-order valence-electron chi connectivity index (χ0n) is 13.0. The van der Waals surface area contributed by atoms with Crippen LogP contribution in [0.3, 0.4) is 0 Å². The smallest absolute Gasteiger partial charge is 0.216 e. The first-order valence-electron chi connectivity index (χ1n) is 6.94. The Kier molecular flexibility index (Phi) is 4.54. The molecule has 0 aliphatic rings. The summed E-state index contributed by atoms with van der Waals surface area (Å²) < 4.78 is 29.2. The van der Waals surface area contributed by atoms with Crippen molar-refractivity contribution in [2.75, 3.05) is 0 Å². The monoisotopic (exact) mass is 306 g/mol. The van der Waals surface area contributed by atoms with E-state index in [-0.39, 0.29) is 5.75 Å². The fourth-order valence-electron chi connectivity index (χ4n) is 2.33. The quantitative estimate of drug-likeness (QED) is 0.923. The predicted molar refractivity (Wildman–Crippen MR) is 85.5 cm³/mol. The van der Waals surface area contributed by atoms with Gasteiger partial charge in [0.05, 0.1) is 5.75 Å². The van der Waals surface area contributed by atoms with Crippen LogP contribution >= 0.6 is 0 Å². The van der Waals surface area contributed by atoms with E-state index in [4.69, 9.17) is 0 Å². The summed E-state index contributed by atoms with van der Waals surface area (Å²) in [6.07, 6.45) is 0. The lowest BCUT2D eigenvalue weighted by atomic mass is 10.1. The molecule has 1 N–H and O–H groups in total. The van der Waals surface area contributed by atoms with Crippen LogP contribution in [0.25, 0.3) is 0 Å². The van der Waals surface area contributed by atoms with Gasteiger partial charge in [0, 0.05) is 25.0 Å². The zero-order valence-corrected chi connectivity index (χ0v) is 13.8. The van der Waals surface area contributed by atoms with Crippen LogP contribution in [0.1, 0.15) is 28.1 Å². The van der Waals surface area contributed by atoms with E-state index in [1.807, 2.05) is 58.2 Å². The van der Waals surface area contributed by atoms with Crippen molar-refractivity contribution in [2.24, 2.45) is 7.05 Å². The molecule has 0 saturated heterocycles. The van der Waals surface area contributed by atoms with Crippen LogP contribution in [0.5, 0.6) is 0 Å². The van der Waals surface area contributed by atoms with Crippen LogP contribution < -0.4 is 4.72 Å². The molecule has 0 radical (unpaired) electrons. The summed E-state index contributed by atoms with van der Waals surface area (Å²) in [5, 5.41) is 0. The highest BCUT2D eigenvalue weighted by Gasteiger charge is 2.14. The molecule has 0 fully saturated rings. The van der Waals surface area contributed by atoms with Gasteiger partial charge in [0.15, 0.2) is 0 Å². The van der Waals surface area contributed by atoms with Crippen LogP contribution in [0, 0.1) is 20.8 Å². The number of sulfonamides is 1. The molecule has 1 heterocycles. The van der Waals surface area contributed by atoms with Crippen LogP contribution in [0.2, 0.25) is 0 Å². The zero-order chi connectivity index (χ0) is 15.6. The average Bonchev–Trinajstić information content (AvgIpc) is 2.67. The minimum Gasteiger partial charge on any atom is -0.352 e. The Labute approximate surface area is 126 Å². The van der Waals surface area contributed by atoms with Crippen molar-refractivity contribution in [1.29, 1.82) is 0 Å². The third-order valence-corrected chi connectivity index (χ3v) is 5.24. The van der Waals surface area contributed by atoms with E-state index >= 15 is 0 Å². The molecule has 2 aromatic rings. The predicted octanol–water partition coefficient (Wildman–Crippen LogP) is 2.57. The van der Waals surface area contributed by atoms with Gasteiger partial charge in [0.2, 0.25) is 10.0 Å². The minimum absolute atomic E-state index is 0.0184. The molecule has 0 saturated carbocycles. The third kappa shape index (κ3) is 3.74. The molecule has 0 amide bonds. The molecule has 4 nitrogen and oxygen atoms in total. The van der Waals surface area contributed by atoms with Crippen LogP contribution in [0.15, 0.2) is 30.3 Å². The third-order valence-electron chi connectivity index (χ3n) is 3.97. The number of benzene rings is 1. The normalized spacial score (nSPS) is 11.8. The Balaban J connectivity index is 2.08. The maximum atomic E-state index is 12.2. The lowest BCUT2D eigenvalue weighted by molar-refractivity contribution is 0.580. The first-order chi connectivity index (χ1) is 9.80. The van der Waals surface area contributed by atoms with Gasteiger partial charge in [-0.2, -0.15) is 0 Å². The van der Waals surface area contributed by atoms with Crippen molar-refractivity contribution in [3.8, 4) is 0 Å². The fourth-order valence-corrected chi connectivity index (χ4v) is 3.54. The number of aromatic nitrogens is 1. The van der Waals surface area contributed by atoms with E-state index in [1.165, 1.54) is 0 Å². The maximum Gasteiger partial charge on any atom is 0.216 e. The second-order valence-electron chi connectivity index (χ2n) is 5.46. The summed E-state index contributed by atoms with van der Waals surface area (Å²) >= 11 is 0. The standard InChI is InChI=1S/C16H22N2O2S/c1-12-7-5-6-8-15(12)11-21(19,20)17-10-16-9-13(2)18(4)14(16)3/h5-9,17H,10-11H2,1-4H3. The van der Waals surface area contributed by atoms with Gasteiger partial charge in [-0.1, -0.05) is 24.3 Å². The minimum atomic E-state index is -3.33. The van der Waals surface area contributed by atoms with Gasteiger partial charge in [0.25, 0.3) is 0 Å². The van der Waals surface area contributed by atoms with E-state index in [1.54, 1.807) is 0 Å². The topological polar surface area (TPSA) is 51.1 Å². The van der Waals surface area contributed by atoms with Crippen LogP contribution in [-0.4, -0.2) is 13.0 Å². The molecule has 0 aliphatic heterocycles. The van der Waals surface area contributed by atoms with Gasteiger partial charge in [-0.25, -0.2) is 13.1 Å². The highest BCUT2D eigenvalue weighted by atomic mass is 32.2. The Morgan fingerprint density at radius 1 is 1.10 bits per heavy atom. The molecule has 0 aliphatic carbocycles. The van der Waals surface area contributed by atoms with E-state index in [0.717, 1.165) is 28.1 Å². The second-order valence-corrected chi connectivity index (χ2v) is 7.27. The number of nitrogens with zero attached hydrogens (tertiary/aromatic N) is 1. The van der Waals surface area contributed by atoms with Crippen molar-refractivity contribution in [3.05, 3.63) is 58.4 Å². The Hall–Kier alpha value is -1.59. The molecule has 0 unspecified atom stereocenters. The average molecular weight is 306 g/mol. The molecule has 1 aromatic carbocycles. The van der Waals surface area contributed by atoms with Crippen molar-refractivity contribution < 1.29 is 8.42 Å². The number of aryl methyl sites for hydroxylation is 2. The summed E-state index contributed by atoms with van der Waals surface area (Å²) in [5.74, 6) is 0.0184. The van der Waals surface area contributed by atoms with Crippen molar-refractivity contribution in [3.63, 3.8) is 0 Å². The molecule has 0 spiro atoms. The summed E-state index contributed by atoms with van der Waals surface area (Å²) in [5.41, 5.74) is 5.07. The Morgan fingerprint density at radius 2 is 1.76 bits per heavy atom. The number of rotatable bonds is 5. The molecule has 0 atom stereocenters. The van der Waals surface area contributed by atoms with Gasteiger partial charge in [-0.15, -0.1) is 0 Å². The van der Waals surface area contributed by atoms with Crippen molar-refractivity contribution in [1.82, 2.24) is 9.29 Å². The molecular weight excluding hydrogens is 284 g/mol. The van der Waals surface area contributed by atoms with Gasteiger partial charge >= 0.3 is 0 Å². The SMILES string of the molecule is Cc1ccccc1CS(=O)(=O)NCc1cc(C)n(C)c1C. The van der Waals surface area contributed by atoms with E-state index in [2.05, 4.69) is 9.29 Å². The Morgan fingerprint density at radius 3 is 2.33 bits per heavy atom. The van der Waals surface area contributed by atoms with Crippen molar-refractivity contribution in [2.45, 2.75) is 33.1 Å². The Bertz CT molecular complexity index is 746. The van der Waals surface area contributed by atoms with Crippen LogP contribution in [0.4, 0.5) is 0 Å². The van der Waals surface area contributed by atoms with E-state index in [9.17, 15) is 8.42 Å². The summed E-state index contributed by atoms with van der Waals surface area (Å²) in [7, 11) is -1.35. The largest absolute Gasteiger partial charge is 0.352 e. The first kappa shape index (κ1) is 15.8. The highest BCUT2D eigenvalue weighted by molar-refractivity contribution is 7.88. The first-order valence-corrected chi connectivity index (χ1v) is 8.59. The molecule has 21 heavy (non-hydrogen) atoms.